The van der Waals surface area contributed by atoms with E-state index in [1.54, 1.807) is 10.6 Å². The maximum atomic E-state index is 11.6. The molecular weight excluding hydrogens is 266 g/mol. The largest absolute Gasteiger partial charge is 0.311 e. The maximum Gasteiger partial charge on any atom is 0.250 e. The second-order valence-electron chi connectivity index (χ2n) is 3.80. The summed E-state index contributed by atoms with van der Waals surface area (Å²) < 4.78 is 2.77. The number of nitrogens with zero attached hydrogens (tertiary/aromatic N) is 1. The summed E-state index contributed by atoms with van der Waals surface area (Å²) in [6, 6.07) is 11.4. The lowest BCUT2D eigenvalue weighted by Crippen LogP contribution is -2.19. The van der Waals surface area contributed by atoms with Gasteiger partial charge in [-0.2, -0.15) is 0 Å². The summed E-state index contributed by atoms with van der Waals surface area (Å²) in [7, 11) is 0. The molecule has 0 amide bonds. The highest BCUT2D eigenvalue weighted by Gasteiger charge is 1.98. The minimum Gasteiger partial charge on any atom is -0.311 e. The fraction of sp³-hybridized carbons (Fsp3) is 0.154. The van der Waals surface area contributed by atoms with Gasteiger partial charge in [-0.1, -0.05) is 34.1 Å². The first-order valence-corrected chi connectivity index (χ1v) is 5.86. The predicted molar refractivity (Wildman–Crippen MR) is 68.7 cm³/mol. The first-order chi connectivity index (χ1) is 7.65. The van der Waals surface area contributed by atoms with Crippen LogP contribution in [0.4, 0.5) is 0 Å². The molecule has 0 unspecified atom stereocenters. The zero-order valence-electron chi connectivity index (χ0n) is 8.98. The molecule has 1 heterocycles. The van der Waals surface area contributed by atoms with Crippen molar-refractivity contribution < 1.29 is 0 Å². The Morgan fingerprint density at radius 1 is 1.12 bits per heavy atom. The van der Waals surface area contributed by atoms with Crippen LogP contribution < -0.4 is 5.56 Å². The highest BCUT2D eigenvalue weighted by Crippen LogP contribution is 2.11. The van der Waals surface area contributed by atoms with Crippen LogP contribution in [0.15, 0.2) is 51.9 Å². The highest BCUT2D eigenvalue weighted by molar-refractivity contribution is 9.10. The first-order valence-electron chi connectivity index (χ1n) is 5.07. The minimum absolute atomic E-state index is 0.0357. The van der Waals surface area contributed by atoms with Gasteiger partial charge in [0.1, 0.15) is 0 Å². The van der Waals surface area contributed by atoms with Crippen LogP contribution in [-0.4, -0.2) is 4.57 Å². The number of hydrogen-bond acceptors (Lipinski definition) is 1. The summed E-state index contributed by atoms with van der Waals surface area (Å²) in [5.74, 6) is 0. The Hall–Kier alpha value is -1.35. The van der Waals surface area contributed by atoms with Gasteiger partial charge in [-0.15, -0.1) is 0 Å². The monoisotopic (exact) mass is 277 g/mol. The van der Waals surface area contributed by atoms with E-state index in [1.807, 2.05) is 43.5 Å². The molecule has 0 aliphatic heterocycles. The van der Waals surface area contributed by atoms with Gasteiger partial charge in [0, 0.05) is 16.7 Å². The van der Waals surface area contributed by atoms with Gasteiger partial charge in [-0.05, 0) is 30.2 Å². The van der Waals surface area contributed by atoms with Gasteiger partial charge in [0.2, 0.25) is 0 Å². The van der Waals surface area contributed by atoms with Gasteiger partial charge in [-0.3, -0.25) is 4.79 Å². The molecule has 0 N–H and O–H groups in total. The summed E-state index contributed by atoms with van der Waals surface area (Å²) in [6.45, 7) is 2.60. The molecule has 0 saturated carbocycles. The number of halogens is 1. The lowest BCUT2D eigenvalue weighted by molar-refractivity contribution is 0.754. The maximum absolute atomic E-state index is 11.6. The van der Waals surface area contributed by atoms with Crippen molar-refractivity contribution >= 4 is 15.9 Å². The fourth-order valence-corrected chi connectivity index (χ4v) is 1.83. The lowest BCUT2D eigenvalue weighted by atomic mass is 10.2. The molecule has 16 heavy (non-hydrogen) atoms. The Balaban J connectivity index is 2.30. The van der Waals surface area contributed by atoms with Crippen LogP contribution in [-0.2, 0) is 6.54 Å². The van der Waals surface area contributed by atoms with Gasteiger partial charge in [0.25, 0.3) is 5.56 Å². The topological polar surface area (TPSA) is 22.0 Å². The van der Waals surface area contributed by atoms with Crippen LogP contribution in [0.1, 0.15) is 11.1 Å². The van der Waals surface area contributed by atoms with Crippen molar-refractivity contribution in [3.05, 3.63) is 68.5 Å². The molecule has 0 spiro atoms. The zero-order valence-corrected chi connectivity index (χ0v) is 10.6. The van der Waals surface area contributed by atoms with Gasteiger partial charge in [0.15, 0.2) is 0 Å². The van der Waals surface area contributed by atoms with Crippen LogP contribution in [0.5, 0.6) is 0 Å². The van der Waals surface area contributed by atoms with Crippen molar-refractivity contribution in [1.29, 1.82) is 0 Å². The molecular formula is C13H12BrNO. The minimum atomic E-state index is 0.0357. The Bertz CT molecular complexity index is 543. The third-order valence-corrected chi connectivity index (χ3v) is 2.93. The van der Waals surface area contributed by atoms with E-state index in [1.165, 1.54) is 0 Å². The summed E-state index contributed by atoms with van der Waals surface area (Å²) in [5, 5.41) is 0. The van der Waals surface area contributed by atoms with E-state index in [2.05, 4.69) is 15.9 Å². The van der Waals surface area contributed by atoms with Crippen LogP contribution in [0.25, 0.3) is 0 Å². The predicted octanol–water partition coefficient (Wildman–Crippen LogP) is 2.97. The van der Waals surface area contributed by atoms with Crippen molar-refractivity contribution in [3.63, 3.8) is 0 Å². The molecule has 0 aliphatic carbocycles. The fourth-order valence-electron chi connectivity index (χ4n) is 1.56. The van der Waals surface area contributed by atoms with Gasteiger partial charge in [0.05, 0.1) is 6.54 Å². The van der Waals surface area contributed by atoms with Crippen molar-refractivity contribution in [3.8, 4) is 0 Å². The molecule has 2 aromatic rings. The van der Waals surface area contributed by atoms with Crippen molar-refractivity contribution in [1.82, 2.24) is 4.57 Å². The van der Waals surface area contributed by atoms with Crippen LogP contribution in [0.2, 0.25) is 0 Å². The zero-order chi connectivity index (χ0) is 11.5. The van der Waals surface area contributed by atoms with Crippen LogP contribution >= 0.6 is 15.9 Å². The van der Waals surface area contributed by atoms with E-state index in [0.29, 0.717) is 6.54 Å². The van der Waals surface area contributed by atoms with Gasteiger partial charge in [-0.25, -0.2) is 0 Å². The Morgan fingerprint density at radius 2 is 1.81 bits per heavy atom. The van der Waals surface area contributed by atoms with Gasteiger partial charge < -0.3 is 4.57 Å². The smallest absolute Gasteiger partial charge is 0.250 e. The molecule has 1 aromatic carbocycles. The van der Waals surface area contributed by atoms with E-state index in [0.717, 1.165) is 15.6 Å². The molecule has 0 aliphatic rings. The molecule has 0 bridgehead atoms. The molecule has 0 radical (unpaired) electrons. The van der Waals surface area contributed by atoms with Crippen molar-refractivity contribution in [2.75, 3.05) is 0 Å². The average Bonchev–Trinajstić information content (AvgIpc) is 2.27. The molecule has 2 rings (SSSR count). The summed E-state index contributed by atoms with van der Waals surface area (Å²) >= 11 is 3.39. The van der Waals surface area contributed by atoms with Crippen molar-refractivity contribution in [2.24, 2.45) is 0 Å². The number of aryl methyl sites for hydroxylation is 1. The Kier molecular flexibility index (Phi) is 3.25. The summed E-state index contributed by atoms with van der Waals surface area (Å²) in [6.07, 6.45) is 1.88. The number of rotatable bonds is 2. The second-order valence-corrected chi connectivity index (χ2v) is 4.71. The number of pyridine rings is 1. The van der Waals surface area contributed by atoms with Gasteiger partial charge >= 0.3 is 0 Å². The number of aromatic nitrogens is 1. The standard InChI is InChI=1S/C13H12BrNO/c1-10-2-7-13(16)15(8-10)9-11-3-5-12(14)6-4-11/h2-8H,9H2,1H3. The molecule has 0 fully saturated rings. The van der Waals surface area contributed by atoms with E-state index in [9.17, 15) is 4.79 Å². The SMILES string of the molecule is Cc1ccc(=O)n(Cc2ccc(Br)cc2)c1. The third-order valence-electron chi connectivity index (χ3n) is 2.40. The Morgan fingerprint density at radius 3 is 2.50 bits per heavy atom. The van der Waals surface area contributed by atoms with E-state index in [4.69, 9.17) is 0 Å². The average molecular weight is 278 g/mol. The molecule has 3 heteroatoms. The molecule has 0 atom stereocenters. The summed E-state index contributed by atoms with van der Waals surface area (Å²) in [4.78, 5) is 11.6. The molecule has 0 saturated heterocycles. The van der Waals surface area contributed by atoms with E-state index >= 15 is 0 Å². The van der Waals surface area contributed by atoms with Crippen LogP contribution in [0, 0.1) is 6.92 Å². The molecule has 1 aromatic heterocycles. The third kappa shape index (κ3) is 2.61. The summed E-state index contributed by atoms with van der Waals surface area (Å²) in [5.41, 5.74) is 2.25. The lowest BCUT2D eigenvalue weighted by Gasteiger charge is -2.06. The van der Waals surface area contributed by atoms with Crippen molar-refractivity contribution in [2.45, 2.75) is 13.5 Å². The number of benzene rings is 1. The van der Waals surface area contributed by atoms with E-state index < -0.39 is 0 Å². The second kappa shape index (κ2) is 4.66. The Labute approximate surface area is 103 Å². The van der Waals surface area contributed by atoms with E-state index in [-0.39, 0.29) is 5.56 Å². The number of hydrogen-bond donors (Lipinski definition) is 0. The first kappa shape index (κ1) is 11.1. The molecule has 82 valence electrons. The quantitative estimate of drug-likeness (QED) is 0.827. The normalized spacial score (nSPS) is 10.4. The highest BCUT2D eigenvalue weighted by atomic mass is 79.9. The molecule has 2 nitrogen and oxygen atoms in total. The van der Waals surface area contributed by atoms with Crippen LogP contribution in [0.3, 0.4) is 0 Å².